The molecule has 20 heavy (non-hydrogen) atoms. The van der Waals surface area contributed by atoms with Gasteiger partial charge in [0, 0.05) is 12.6 Å². The second-order valence-corrected chi connectivity index (χ2v) is 7.40. The fraction of sp³-hybridized carbons (Fsp3) is 0.875. The zero-order chi connectivity index (χ0) is 14.5. The lowest BCUT2D eigenvalue weighted by Crippen LogP contribution is -2.50. The number of carboxylic acids is 1. The van der Waals surface area contributed by atoms with Crippen LogP contribution in [0.1, 0.15) is 52.4 Å². The summed E-state index contributed by atoms with van der Waals surface area (Å²) in [6.45, 7) is 4.66. The summed E-state index contributed by atoms with van der Waals surface area (Å²) in [5.41, 5.74) is -0.371. The van der Waals surface area contributed by atoms with E-state index in [0.717, 1.165) is 19.4 Å². The van der Waals surface area contributed by atoms with Crippen molar-refractivity contribution in [1.82, 2.24) is 4.90 Å². The predicted molar refractivity (Wildman–Crippen MR) is 75.1 cm³/mol. The Balaban J connectivity index is 1.75. The predicted octanol–water partition coefficient (Wildman–Crippen LogP) is 2.52. The maximum atomic E-state index is 12.8. The highest BCUT2D eigenvalue weighted by Crippen LogP contribution is 2.59. The van der Waals surface area contributed by atoms with Crippen LogP contribution in [0.2, 0.25) is 0 Å². The van der Waals surface area contributed by atoms with E-state index in [-0.39, 0.29) is 17.2 Å². The fourth-order valence-electron chi connectivity index (χ4n) is 4.64. The van der Waals surface area contributed by atoms with Gasteiger partial charge in [0.2, 0.25) is 5.91 Å². The molecule has 0 bridgehead atoms. The third kappa shape index (κ3) is 2.04. The summed E-state index contributed by atoms with van der Waals surface area (Å²) in [7, 11) is 0. The third-order valence-electron chi connectivity index (χ3n) is 5.89. The number of rotatable bonds is 2. The first-order valence-corrected chi connectivity index (χ1v) is 7.98. The number of carbonyl (C=O) groups is 2. The Kier molecular flexibility index (Phi) is 3.30. The van der Waals surface area contributed by atoms with Crippen molar-refractivity contribution < 1.29 is 14.7 Å². The van der Waals surface area contributed by atoms with E-state index in [0.29, 0.717) is 12.0 Å². The molecule has 2 saturated carbocycles. The number of likely N-dealkylation sites (tertiary alicyclic amines) is 1. The molecule has 0 spiro atoms. The minimum atomic E-state index is -0.814. The van der Waals surface area contributed by atoms with E-state index >= 15 is 0 Å². The molecule has 3 rings (SSSR count). The van der Waals surface area contributed by atoms with Crippen molar-refractivity contribution in [3.05, 3.63) is 0 Å². The van der Waals surface area contributed by atoms with Gasteiger partial charge in [0.1, 0.15) is 0 Å². The Morgan fingerprint density at radius 2 is 1.70 bits per heavy atom. The van der Waals surface area contributed by atoms with Gasteiger partial charge < -0.3 is 10.0 Å². The van der Waals surface area contributed by atoms with Gasteiger partial charge in [-0.2, -0.15) is 0 Å². The van der Waals surface area contributed by atoms with Gasteiger partial charge in [0.25, 0.3) is 0 Å². The lowest BCUT2D eigenvalue weighted by atomic mass is 9.78. The number of fused-ring (bicyclic) bond motifs is 1. The molecule has 3 aliphatic rings. The number of piperidine rings is 1. The minimum Gasteiger partial charge on any atom is -0.481 e. The summed E-state index contributed by atoms with van der Waals surface area (Å²) >= 11 is 0. The van der Waals surface area contributed by atoms with Gasteiger partial charge in [-0.25, -0.2) is 0 Å². The summed E-state index contributed by atoms with van der Waals surface area (Å²) in [6.07, 6.45) is 7.17. The summed E-state index contributed by atoms with van der Waals surface area (Å²) < 4.78 is 0. The van der Waals surface area contributed by atoms with E-state index in [1.165, 1.54) is 25.7 Å². The molecule has 0 aromatic rings. The summed E-state index contributed by atoms with van der Waals surface area (Å²) in [5, 5.41) is 9.27. The van der Waals surface area contributed by atoms with E-state index in [9.17, 15) is 14.7 Å². The van der Waals surface area contributed by atoms with Crippen LogP contribution in [0.25, 0.3) is 0 Å². The largest absolute Gasteiger partial charge is 0.481 e. The molecule has 3 fully saturated rings. The third-order valence-corrected chi connectivity index (χ3v) is 5.89. The molecule has 0 radical (unpaired) electrons. The molecule has 112 valence electrons. The number of aliphatic carboxylic acids is 1. The topological polar surface area (TPSA) is 57.6 Å². The van der Waals surface area contributed by atoms with Gasteiger partial charge in [-0.15, -0.1) is 0 Å². The monoisotopic (exact) mass is 279 g/mol. The Morgan fingerprint density at radius 3 is 2.35 bits per heavy atom. The van der Waals surface area contributed by atoms with Gasteiger partial charge in [0.15, 0.2) is 0 Å². The maximum absolute atomic E-state index is 12.8. The second kappa shape index (κ2) is 4.74. The van der Waals surface area contributed by atoms with E-state index in [1.807, 2.05) is 18.7 Å². The lowest BCUT2D eigenvalue weighted by Gasteiger charge is -2.44. The average molecular weight is 279 g/mol. The van der Waals surface area contributed by atoms with Crippen LogP contribution in [0, 0.1) is 23.2 Å². The van der Waals surface area contributed by atoms with Crippen molar-refractivity contribution >= 4 is 11.9 Å². The molecule has 1 heterocycles. The fourth-order valence-corrected chi connectivity index (χ4v) is 4.64. The van der Waals surface area contributed by atoms with E-state index < -0.39 is 11.9 Å². The van der Waals surface area contributed by atoms with Crippen LogP contribution >= 0.6 is 0 Å². The second-order valence-electron chi connectivity index (χ2n) is 7.40. The molecule has 1 N–H and O–H groups in total. The standard InChI is InChI=1S/C16H25NO3/c1-16(2)12(13(16)15(19)20)14(18)17-9-5-7-10-6-3-4-8-11(10)17/h10-13H,3-9H2,1-2H3,(H,19,20)/t10-,11-,12?,13?/m1/s1. The van der Waals surface area contributed by atoms with Crippen LogP contribution in [0.15, 0.2) is 0 Å². The highest BCUT2D eigenvalue weighted by molar-refractivity contribution is 5.91. The first-order valence-electron chi connectivity index (χ1n) is 7.98. The van der Waals surface area contributed by atoms with Gasteiger partial charge >= 0.3 is 5.97 Å². The van der Waals surface area contributed by atoms with Crippen LogP contribution in [0.5, 0.6) is 0 Å². The number of hydrogen-bond acceptors (Lipinski definition) is 2. The molecule has 2 aliphatic carbocycles. The number of carbonyl (C=O) groups excluding carboxylic acids is 1. The minimum absolute atomic E-state index is 0.110. The first kappa shape index (κ1) is 13.9. The Morgan fingerprint density at radius 1 is 1.05 bits per heavy atom. The zero-order valence-electron chi connectivity index (χ0n) is 12.5. The Hall–Kier alpha value is -1.06. The normalized spacial score (nSPS) is 39.0. The van der Waals surface area contributed by atoms with Crippen molar-refractivity contribution in [2.24, 2.45) is 23.2 Å². The van der Waals surface area contributed by atoms with E-state index in [2.05, 4.69) is 0 Å². The van der Waals surface area contributed by atoms with Gasteiger partial charge in [-0.3, -0.25) is 9.59 Å². The summed E-state index contributed by atoms with van der Waals surface area (Å²) in [5.74, 6) is -0.837. The van der Waals surface area contributed by atoms with Crippen molar-refractivity contribution in [3.63, 3.8) is 0 Å². The molecule has 1 aliphatic heterocycles. The smallest absolute Gasteiger partial charge is 0.307 e. The Labute approximate surface area is 120 Å². The maximum Gasteiger partial charge on any atom is 0.307 e. The lowest BCUT2D eigenvalue weighted by molar-refractivity contribution is -0.144. The number of amides is 1. The van der Waals surface area contributed by atoms with Gasteiger partial charge in [-0.1, -0.05) is 26.7 Å². The summed E-state index contributed by atoms with van der Waals surface area (Å²) in [6, 6.07) is 0.385. The molecule has 1 amide bonds. The molecule has 0 aromatic carbocycles. The van der Waals surface area contributed by atoms with E-state index in [4.69, 9.17) is 0 Å². The van der Waals surface area contributed by atoms with Crippen LogP contribution in [-0.2, 0) is 9.59 Å². The average Bonchev–Trinajstić information content (AvgIpc) is 3.00. The molecular formula is C16H25NO3. The molecular weight excluding hydrogens is 254 g/mol. The highest BCUT2D eigenvalue weighted by atomic mass is 16.4. The van der Waals surface area contributed by atoms with E-state index in [1.54, 1.807) is 0 Å². The molecule has 2 unspecified atom stereocenters. The van der Waals surface area contributed by atoms with Crippen molar-refractivity contribution in [1.29, 1.82) is 0 Å². The number of nitrogens with zero attached hydrogens (tertiary/aromatic N) is 1. The zero-order valence-corrected chi connectivity index (χ0v) is 12.5. The molecule has 0 aromatic heterocycles. The molecule has 4 atom stereocenters. The molecule has 4 heteroatoms. The Bertz CT molecular complexity index is 429. The van der Waals surface area contributed by atoms with Crippen molar-refractivity contribution in [2.75, 3.05) is 6.54 Å². The van der Waals surface area contributed by atoms with Crippen molar-refractivity contribution in [2.45, 2.75) is 58.4 Å². The van der Waals surface area contributed by atoms with Crippen LogP contribution in [-0.4, -0.2) is 34.5 Å². The number of carboxylic acid groups (broad SMARTS) is 1. The quantitative estimate of drug-likeness (QED) is 0.845. The van der Waals surface area contributed by atoms with Gasteiger partial charge in [0.05, 0.1) is 11.8 Å². The number of hydrogen-bond donors (Lipinski definition) is 1. The van der Waals surface area contributed by atoms with Crippen molar-refractivity contribution in [3.8, 4) is 0 Å². The molecule has 4 nitrogen and oxygen atoms in total. The van der Waals surface area contributed by atoms with Crippen LogP contribution in [0.4, 0.5) is 0 Å². The SMILES string of the molecule is CC1(C)C(C(=O)O)C1C(=O)N1CCC[C@H]2CCCC[C@H]21. The molecule has 1 saturated heterocycles. The summed E-state index contributed by atoms with van der Waals surface area (Å²) in [4.78, 5) is 26.1. The highest BCUT2D eigenvalue weighted by Gasteiger charge is 2.67. The van der Waals surface area contributed by atoms with Gasteiger partial charge in [-0.05, 0) is 37.0 Å². The van der Waals surface area contributed by atoms with Crippen LogP contribution in [0.3, 0.4) is 0 Å². The van der Waals surface area contributed by atoms with Crippen LogP contribution < -0.4 is 0 Å². The first-order chi connectivity index (χ1) is 9.44.